The molecule has 5 heteroatoms. The minimum Gasteiger partial charge on any atom is -0.507 e. The second-order valence-corrected chi connectivity index (χ2v) is 4.52. The standard InChI is InChI=1S/C17H16N2O3/c1-2-11-18-16(21)12-7-3-5-9-14(12)19-17(22)13-8-4-6-10-15(13)20/h2-10,20H,1,11H2,(H,18,21)(H,19,22). The van der Waals surface area contributed by atoms with Gasteiger partial charge < -0.3 is 15.7 Å². The van der Waals surface area contributed by atoms with Crippen LogP contribution >= 0.6 is 0 Å². The monoisotopic (exact) mass is 296 g/mol. The number of rotatable bonds is 5. The number of benzene rings is 2. The van der Waals surface area contributed by atoms with Gasteiger partial charge >= 0.3 is 0 Å². The van der Waals surface area contributed by atoms with E-state index in [0.717, 1.165) is 0 Å². The van der Waals surface area contributed by atoms with Crippen LogP contribution in [-0.2, 0) is 0 Å². The van der Waals surface area contributed by atoms with Gasteiger partial charge in [-0.05, 0) is 24.3 Å². The number of anilines is 1. The predicted molar refractivity (Wildman–Crippen MR) is 85.0 cm³/mol. The van der Waals surface area contributed by atoms with Gasteiger partial charge in [-0.1, -0.05) is 30.3 Å². The molecule has 0 aromatic heterocycles. The lowest BCUT2D eigenvalue weighted by molar-refractivity contribution is 0.0959. The maximum absolute atomic E-state index is 12.2. The fourth-order valence-corrected chi connectivity index (χ4v) is 1.91. The molecule has 0 saturated heterocycles. The zero-order chi connectivity index (χ0) is 15.9. The topological polar surface area (TPSA) is 78.4 Å². The van der Waals surface area contributed by atoms with Gasteiger partial charge in [0.05, 0.1) is 16.8 Å². The summed E-state index contributed by atoms with van der Waals surface area (Å²) in [5.41, 5.74) is 0.856. The lowest BCUT2D eigenvalue weighted by Gasteiger charge is -2.11. The summed E-state index contributed by atoms with van der Waals surface area (Å²) in [6.45, 7) is 3.87. The summed E-state index contributed by atoms with van der Waals surface area (Å²) in [6.07, 6.45) is 1.57. The zero-order valence-electron chi connectivity index (χ0n) is 11.9. The Morgan fingerprint density at radius 2 is 1.64 bits per heavy atom. The minimum atomic E-state index is -0.484. The van der Waals surface area contributed by atoms with Crippen LogP contribution in [-0.4, -0.2) is 23.5 Å². The molecule has 0 bridgehead atoms. The van der Waals surface area contributed by atoms with Crippen molar-refractivity contribution >= 4 is 17.5 Å². The van der Waals surface area contributed by atoms with Gasteiger partial charge in [-0.25, -0.2) is 0 Å². The number of carbonyl (C=O) groups is 2. The molecule has 0 radical (unpaired) electrons. The number of phenolic OH excluding ortho intramolecular Hbond substituents is 1. The number of para-hydroxylation sites is 2. The molecule has 112 valence electrons. The van der Waals surface area contributed by atoms with E-state index in [4.69, 9.17) is 0 Å². The number of amides is 2. The molecule has 0 fully saturated rings. The van der Waals surface area contributed by atoms with E-state index in [1.165, 1.54) is 12.1 Å². The summed E-state index contributed by atoms with van der Waals surface area (Å²) in [4.78, 5) is 24.3. The third-order valence-corrected chi connectivity index (χ3v) is 2.98. The number of nitrogens with one attached hydrogen (secondary N) is 2. The molecule has 5 nitrogen and oxygen atoms in total. The van der Waals surface area contributed by atoms with Gasteiger partial charge in [-0.2, -0.15) is 0 Å². The minimum absolute atomic E-state index is 0.117. The van der Waals surface area contributed by atoms with Crippen LogP contribution in [0.1, 0.15) is 20.7 Å². The fraction of sp³-hybridized carbons (Fsp3) is 0.0588. The van der Waals surface area contributed by atoms with Crippen LogP contribution in [0.25, 0.3) is 0 Å². The van der Waals surface area contributed by atoms with Crippen LogP contribution in [0.15, 0.2) is 61.2 Å². The van der Waals surface area contributed by atoms with Crippen LogP contribution in [0.4, 0.5) is 5.69 Å². The highest BCUT2D eigenvalue weighted by atomic mass is 16.3. The molecule has 0 heterocycles. The van der Waals surface area contributed by atoms with Gasteiger partial charge in [0.1, 0.15) is 5.75 Å². The molecule has 0 aliphatic heterocycles. The summed E-state index contributed by atoms with van der Waals surface area (Å²) in [6, 6.07) is 12.9. The zero-order valence-corrected chi connectivity index (χ0v) is 11.9. The van der Waals surface area contributed by atoms with Crippen LogP contribution in [0, 0.1) is 0 Å². The number of hydrogen-bond acceptors (Lipinski definition) is 3. The molecule has 22 heavy (non-hydrogen) atoms. The summed E-state index contributed by atoms with van der Waals surface area (Å²) in [5, 5.41) is 15.0. The number of hydrogen-bond donors (Lipinski definition) is 3. The number of carbonyl (C=O) groups excluding carboxylic acids is 2. The van der Waals surface area contributed by atoms with Crippen molar-refractivity contribution in [3.63, 3.8) is 0 Å². The van der Waals surface area contributed by atoms with Crippen molar-refractivity contribution in [2.24, 2.45) is 0 Å². The Morgan fingerprint density at radius 1 is 1.00 bits per heavy atom. The Bertz CT molecular complexity index is 711. The Labute approximate surface area is 128 Å². The van der Waals surface area contributed by atoms with E-state index in [1.54, 1.807) is 42.5 Å². The molecule has 0 saturated carbocycles. The normalized spacial score (nSPS) is 9.82. The molecule has 2 amide bonds. The Balaban J connectivity index is 2.23. The van der Waals surface area contributed by atoms with Crippen molar-refractivity contribution in [3.8, 4) is 5.75 Å². The lowest BCUT2D eigenvalue weighted by atomic mass is 10.1. The summed E-state index contributed by atoms with van der Waals surface area (Å²) in [5.74, 6) is -0.913. The van der Waals surface area contributed by atoms with E-state index in [2.05, 4.69) is 17.2 Å². The SMILES string of the molecule is C=CCNC(=O)c1ccccc1NC(=O)c1ccccc1O. The van der Waals surface area contributed by atoms with Gasteiger partial charge in [-0.3, -0.25) is 9.59 Å². The first kappa shape index (κ1) is 15.3. The van der Waals surface area contributed by atoms with Gasteiger partial charge in [0.2, 0.25) is 0 Å². The van der Waals surface area contributed by atoms with Crippen LogP contribution in [0.3, 0.4) is 0 Å². The smallest absolute Gasteiger partial charge is 0.259 e. The first-order valence-corrected chi connectivity index (χ1v) is 6.71. The van der Waals surface area contributed by atoms with E-state index in [0.29, 0.717) is 17.8 Å². The largest absolute Gasteiger partial charge is 0.507 e. The quantitative estimate of drug-likeness (QED) is 0.742. The van der Waals surface area contributed by atoms with E-state index in [1.807, 2.05) is 0 Å². The molecule has 2 aromatic rings. The van der Waals surface area contributed by atoms with E-state index < -0.39 is 5.91 Å². The predicted octanol–water partition coefficient (Wildman–Crippen LogP) is 2.56. The third-order valence-electron chi connectivity index (χ3n) is 2.98. The van der Waals surface area contributed by atoms with Crippen molar-refractivity contribution in [1.82, 2.24) is 5.32 Å². The van der Waals surface area contributed by atoms with Gasteiger partial charge in [-0.15, -0.1) is 6.58 Å². The van der Waals surface area contributed by atoms with E-state index in [9.17, 15) is 14.7 Å². The van der Waals surface area contributed by atoms with Crippen molar-refractivity contribution in [3.05, 3.63) is 72.3 Å². The third kappa shape index (κ3) is 3.52. The highest BCUT2D eigenvalue weighted by Crippen LogP contribution is 2.20. The summed E-state index contributed by atoms with van der Waals surface area (Å²) in [7, 11) is 0. The summed E-state index contributed by atoms with van der Waals surface area (Å²) >= 11 is 0. The molecular weight excluding hydrogens is 280 g/mol. The Morgan fingerprint density at radius 3 is 2.32 bits per heavy atom. The molecule has 0 atom stereocenters. The van der Waals surface area contributed by atoms with Crippen molar-refractivity contribution < 1.29 is 14.7 Å². The average Bonchev–Trinajstić information content (AvgIpc) is 2.53. The lowest BCUT2D eigenvalue weighted by Crippen LogP contribution is -2.25. The van der Waals surface area contributed by atoms with Crippen LogP contribution < -0.4 is 10.6 Å². The molecule has 0 aliphatic rings. The fourth-order valence-electron chi connectivity index (χ4n) is 1.91. The van der Waals surface area contributed by atoms with Crippen LogP contribution in [0.2, 0.25) is 0 Å². The van der Waals surface area contributed by atoms with Crippen molar-refractivity contribution in [2.75, 3.05) is 11.9 Å². The Kier molecular flexibility index (Phi) is 4.93. The first-order chi connectivity index (χ1) is 10.6. The molecule has 2 aromatic carbocycles. The maximum Gasteiger partial charge on any atom is 0.259 e. The second kappa shape index (κ2) is 7.08. The van der Waals surface area contributed by atoms with Gasteiger partial charge in [0.25, 0.3) is 11.8 Å². The molecule has 0 spiro atoms. The molecule has 0 unspecified atom stereocenters. The maximum atomic E-state index is 12.2. The van der Waals surface area contributed by atoms with Crippen molar-refractivity contribution in [1.29, 1.82) is 0 Å². The highest BCUT2D eigenvalue weighted by molar-refractivity contribution is 6.10. The average molecular weight is 296 g/mol. The molecule has 2 rings (SSSR count). The summed E-state index contributed by atoms with van der Waals surface area (Å²) < 4.78 is 0. The van der Waals surface area contributed by atoms with Gasteiger partial charge in [0, 0.05) is 6.54 Å². The van der Waals surface area contributed by atoms with Gasteiger partial charge in [0.15, 0.2) is 0 Å². The second-order valence-electron chi connectivity index (χ2n) is 4.52. The first-order valence-electron chi connectivity index (χ1n) is 6.71. The Hall–Kier alpha value is -3.08. The highest BCUT2D eigenvalue weighted by Gasteiger charge is 2.15. The molecule has 0 aliphatic carbocycles. The number of phenols is 1. The van der Waals surface area contributed by atoms with Crippen molar-refractivity contribution in [2.45, 2.75) is 0 Å². The van der Waals surface area contributed by atoms with Crippen LogP contribution in [0.5, 0.6) is 5.75 Å². The number of aromatic hydroxyl groups is 1. The molecule has 3 N–H and O–H groups in total. The van der Waals surface area contributed by atoms with E-state index >= 15 is 0 Å². The van der Waals surface area contributed by atoms with E-state index in [-0.39, 0.29) is 17.2 Å². The molecular formula is C17H16N2O3.